The van der Waals surface area contributed by atoms with Crippen LogP contribution in [-0.4, -0.2) is 40.7 Å². The van der Waals surface area contributed by atoms with Crippen LogP contribution in [-0.2, 0) is 4.79 Å². The SMILES string of the molecule is CCSCCCC(=O)N(CC)CO. The van der Waals surface area contributed by atoms with Gasteiger partial charge in [0.1, 0.15) is 6.73 Å². The van der Waals surface area contributed by atoms with Crippen LogP contribution < -0.4 is 0 Å². The van der Waals surface area contributed by atoms with E-state index < -0.39 is 0 Å². The lowest BCUT2D eigenvalue weighted by molar-refractivity contribution is -0.134. The fourth-order valence-corrected chi connectivity index (χ4v) is 1.62. The number of amides is 1. The van der Waals surface area contributed by atoms with Crippen LogP contribution in [0.25, 0.3) is 0 Å². The summed E-state index contributed by atoms with van der Waals surface area (Å²) in [6.45, 7) is 4.42. The molecule has 0 bridgehead atoms. The molecule has 13 heavy (non-hydrogen) atoms. The van der Waals surface area contributed by atoms with Gasteiger partial charge < -0.3 is 10.0 Å². The van der Waals surface area contributed by atoms with Gasteiger partial charge in [-0.2, -0.15) is 11.8 Å². The molecule has 0 saturated carbocycles. The van der Waals surface area contributed by atoms with Gasteiger partial charge in [-0.3, -0.25) is 4.79 Å². The lowest BCUT2D eigenvalue weighted by atomic mass is 10.3. The molecule has 0 spiro atoms. The fraction of sp³-hybridized carbons (Fsp3) is 0.889. The molecule has 78 valence electrons. The summed E-state index contributed by atoms with van der Waals surface area (Å²) in [6, 6.07) is 0. The molecule has 0 saturated heterocycles. The molecule has 0 unspecified atom stereocenters. The molecule has 0 heterocycles. The van der Waals surface area contributed by atoms with Gasteiger partial charge in [-0.15, -0.1) is 0 Å². The molecule has 1 N–H and O–H groups in total. The van der Waals surface area contributed by atoms with E-state index in [1.165, 1.54) is 4.90 Å². The zero-order valence-corrected chi connectivity index (χ0v) is 9.27. The Hall–Kier alpha value is -0.220. The maximum Gasteiger partial charge on any atom is 0.224 e. The van der Waals surface area contributed by atoms with Gasteiger partial charge in [-0.25, -0.2) is 0 Å². The summed E-state index contributed by atoms with van der Waals surface area (Å²) in [5, 5.41) is 8.80. The zero-order valence-electron chi connectivity index (χ0n) is 8.45. The van der Waals surface area contributed by atoms with Gasteiger partial charge in [-0.05, 0) is 24.9 Å². The summed E-state index contributed by atoms with van der Waals surface area (Å²) < 4.78 is 0. The summed E-state index contributed by atoms with van der Waals surface area (Å²) >= 11 is 1.84. The summed E-state index contributed by atoms with van der Waals surface area (Å²) in [6.07, 6.45) is 1.47. The smallest absolute Gasteiger partial charge is 0.224 e. The third kappa shape index (κ3) is 5.93. The van der Waals surface area contributed by atoms with Crippen molar-refractivity contribution in [3.8, 4) is 0 Å². The predicted octanol–water partition coefficient (Wildman–Crippen LogP) is 1.32. The third-order valence-electron chi connectivity index (χ3n) is 1.79. The van der Waals surface area contributed by atoms with Crippen molar-refractivity contribution in [1.29, 1.82) is 0 Å². The number of rotatable bonds is 7. The topological polar surface area (TPSA) is 40.5 Å². The van der Waals surface area contributed by atoms with Gasteiger partial charge in [0.25, 0.3) is 0 Å². The van der Waals surface area contributed by atoms with Gasteiger partial charge in [-0.1, -0.05) is 6.92 Å². The zero-order chi connectivity index (χ0) is 10.1. The van der Waals surface area contributed by atoms with E-state index in [1.54, 1.807) is 0 Å². The lowest BCUT2D eigenvalue weighted by Gasteiger charge is -2.17. The molecule has 0 aliphatic carbocycles. The van der Waals surface area contributed by atoms with E-state index in [4.69, 9.17) is 5.11 Å². The monoisotopic (exact) mass is 205 g/mol. The molecular formula is C9H19NO2S. The minimum Gasteiger partial charge on any atom is -0.376 e. The Morgan fingerprint density at radius 3 is 2.62 bits per heavy atom. The van der Waals surface area contributed by atoms with Gasteiger partial charge >= 0.3 is 0 Å². The molecule has 0 aromatic rings. The number of hydrogen-bond acceptors (Lipinski definition) is 3. The van der Waals surface area contributed by atoms with Crippen molar-refractivity contribution in [3.63, 3.8) is 0 Å². The second-order valence-electron chi connectivity index (χ2n) is 2.69. The Morgan fingerprint density at radius 1 is 1.46 bits per heavy atom. The number of carbonyl (C=O) groups excluding carboxylic acids is 1. The molecule has 1 amide bonds. The highest BCUT2D eigenvalue weighted by molar-refractivity contribution is 7.99. The predicted molar refractivity (Wildman–Crippen MR) is 56.7 cm³/mol. The summed E-state index contributed by atoms with van der Waals surface area (Å²) in [4.78, 5) is 12.8. The number of aliphatic hydroxyl groups is 1. The van der Waals surface area contributed by atoms with Crippen LogP contribution in [0.15, 0.2) is 0 Å². The molecule has 0 aliphatic heterocycles. The van der Waals surface area contributed by atoms with Crippen LogP contribution in [0, 0.1) is 0 Å². The Bertz CT molecular complexity index is 138. The van der Waals surface area contributed by atoms with Crippen LogP contribution in [0.5, 0.6) is 0 Å². The normalized spacial score (nSPS) is 10.1. The average molecular weight is 205 g/mol. The number of nitrogens with zero attached hydrogens (tertiary/aromatic N) is 1. The van der Waals surface area contributed by atoms with Gasteiger partial charge in [0.05, 0.1) is 0 Å². The van der Waals surface area contributed by atoms with Crippen molar-refractivity contribution >= 4 is 17.7 Å². The van der Waals surface area contributed by atoms with E-state index in [2.05, 4.69) is 6.92 Å². The Balaban J connectivity index is 3.48. The third-order valence-corrected chi connectivity index (χ3v) is 2.77. The summed E-state index contributed by atoms with van der Waals surface area (Å²) in [7, 11) is 0. The van der Waals surface area contributed by atoms with Crippen molar-refractivity contribution in [2.24, 2.45) is 0 Å². The molecule has 0 rings (SSSR count). The van der Waals surface area contributed by atoms with Crippen molar-refractivity contribution in [2.75, 3.05) is 24.8 Å². The molecule has 0 aromatic carbocycles. The first kappa shape index (κ1) is 12.8. The van der Waals surface area contributed by atoms with Crippen molar-refractivity contribution in [2.45, 2.75) is 26.7 Å². The standard InChI is InChI=1S/C9H19NO2S/c1-3-10(8-11)9(12)6-5-7-13-4-2/h11H,3-8H2,1-2H3. The maximum atomic E-state index is 11.3. The van der Waals surface area contributed by atoms with Crippen molar-refractivity contribution in [3.05, 3.63) is 0 Å². The minimum absolute atomic E-state index is 0.0571. The van der Waals surface area contributed by atoms with Crippen LogP contribution in [0.3, 0.4) is 0 Å². The molecule has 0 fully saturated rings. The Kier molecular flexibility index (Phi) is 8.24. The van der Waals surface area contributed by atoms with E-state index in [0.717, 1.165) is 17.9 Å². The first-order valence-electron chi connectivity index (χ1n) is 4.72. The minimum atomic E-state index is -0.156. The summed E-state index contributed by atoms with van der Waals surface area (Å²) in [5.74, 6) is 2.19. The first-order chi connectivity index (χ1) is 6.26. The van der Waals surface area contributed by atoms with Gasteiger partial charge in [0.15, 0.2) is 0 Å². The van der Waals surface area contributed by atoms with Crippen LogP contribution in [0.4, 0.5) is 0 Å². The Labute approximate surface area is 84.5 Å². The molecule has 3 nitrogen and oxygen atoms in total. The molecular weight excluding hydrogens is 186 g/mol. The molecule has 0 radical (unpaired) electrons. The van der Waals surface area contributed by atoms with Crippen LogP contribution in [0.2, 0.25) is 0 Å². The van der Waals surface area contributed by atoms with E-state index in [9.17, 15) is 4.79 Å². The lowest BCUT2D eigenvalue weighted by Crippen LogP contribution is -2.31. The number of thioether (sulfide) groups is 1. The second kappa shape index (κ2) is 8.38. The fourth-order valence-electron chi connectivity index (χ4n) is 0.983. The first-order valence-corrected chi connectivity index (χ1v) is 5.88. The highest BCUT2D eigenvalue weighted by Gasteiger charge is 2.08. The summed E-state index contributed by atoms with van der Waals surface area (Å²) in [5.41, 5.74) is 0. The highest BCUT2D eigenvalue weighted by atomic mass is 32.2. The van der Waals surface area contributed by atoms with E-state index in [0.29, 0.717) is 13.0 Å². The number of aliphatic hydroxyl groups excluding tert-OH is 1. The van der Waals surface area contributed by atoms with Crippen molar-refractivity contribution in [1.82, 2.24) is 4.90 Å². The molecule has 0 aromatic heterocycles. The van der Waals surface area contributed by atoms with E-state index in [1.807, 2.05) is 18.7 Å². The Morgan fingerprint density at radius 2 is 2.15 bits per heavy atom. The highest BCUT2D eigenvalue weighted by Crippen LogP contribution is 2.05. The van der Waals surface area contributed by atoms with E-state index >= 15 is 0 Å². The average Bonchev–Trinajstić information content (AvgIpc) is 2.14. The largest absolute Gasteiger partial charge is 0.376 e. The quantitative estimate of drug-likeness (QED) is 0.503. The molecule has 4 heteroatoms. The van der Waals surface area contributed by atoms with Gasteiger partial charge in [0, 0.05) is 13.0 Å². The van der Waals surface area contributed by atoms with Crippen LogP contribution in [0.1, 0.15) is 26.7 Å². The molecule has 0 aliphatic rings. The second-order valence-corrected chi connectivity index (χ2v) is 4.09. The van der Waals surface area contributed by atoms with Crippen molar-refractivity contribution < 1.29 is 9.90 Å². The van der Waals surface area contributed by atoms with E-state index in [-0.39, 0.29) is 12.6 Å². The molecule has 0 atom stereocenters. The van der Waals surface area contributed by atoms with Gasteiger partial charge in [0.2, 0.25) is 5.91 Å². The maximum absolute atomic E-state index is 11.3. The number of hydrogen-bond donors (Lipinski definition) is 1. The van der Waals surface area contributed by atoms with Crippen LogP contribution >= 0.6 is 11.8 Å². The number of carbonyl (C=O) groups is 1.